The maximum Gasteiger partial charge on any atom is 0.270 e. The number of morpholine rings is 1. The standard InChI is InChI=1S/C35H49N7O3/c1-25-8-9-26(34(2,3)4)22-29(25)37-31-23-30(32(43)36-14-15-40-18-20-45-21-19-40)38-33(39-31)41-16-17-42(35(5,6)24-41)27-10-12-28(44-7)13-11-27/h8-13,22-23H,14-21,24H2,1-7H3,(H,36,43)(H,37,38,39). The van der Waals surface area contributed by atoms with Gasteiger partial charge >= 0.3 is 0 Å². The molecule has 0 atom stereocenters. The maximum absolute atomic E-state index is 13.5. The van der Waals surface area contributed by atoms with E-state index in [0.29, 0.717) is 30.5 Å². The summed E-state index contributed by atoms with van der Waals surface area (Å²) >= 11 is 0. The van der Waals surface area contributed by atoms with Gasteiger partial charge in [0.1, 0.15) is 17.3 Å². The first-order valence-corrected chi connectivity index (χ1v) is 16.0. The van der Waals surface area contributed by atoms with Gasteiger partial charge in [-0.3, -0.25) is 9.69 Å². The van der Waals surface area contributed by atoms with Gasteiger partial charge in [-0.05, 0) is 67.6 Å². The molecule has 45 heavy (non-hydrogen) atoms. The van der Waals surface area contributed by atoms with E-state index in [1.807, 2.05) is 12.1 Å². The van der Waals surface area contributed by atoms with Gasteiger partial charge in [0, 0.05) is 63.3 Å². The third-order valence-corrected chi connectivity index (χ3v) is 8.70. The molecule has 0 saturated carbocycles. The van der Waals surface area contributed by atoms with Crippen molar-refractivity contribution in [1.82, 2.24) is 20.2 Å². The Hall–Kier alpha value is -3.89. The Morgan fingerprint density at radius 1 is 1.00 bits per heavy atom. The van der Waals surface area contributed by atoms with E-state index in [1.54, 1.807) is 13.2 Å². The zero-order chi connectivity index (χ0) is 32.2. The number of nitrogens with zero attached hydrogens (tertiary/aromatic N) is 5. The molecule has 3 aromatic rings. The predicted molar refractivity (Wildman–Crippen MR) is 181 cm³/mol. The molecule has 0 spiro atoms. The van der Waals surface area contributed by atoms with Crippen molar-refractivity contribution >= 4 is 29.0 Å². The Balaban J connectivity index is 1.40. The first-order valence-electron chi connectivity index (χ1n) is 16.0. The molecule has 0 aliphatic carbocycles. The van der Waals surface area contributed by atoms with Crippen LogP contribution in [0.4, 0.5) is 23.1 Å². The Kier molecular flexibility index (Phi) is 9.84. The van der Waals surface area contributed by atoms with Crippen LogP contribution in [0.15, 0.2) is 48.5 Å². The second kappa shape index (κ2) is 13.6. The average Bonchev–Trinajstić information content (AvgIpc) is 3.01. The number of hydrogen-bond donors (Lipinski definition) is 2. The number of piperazine rings is 1. The van der Waals surface area contributed by atoms with Crippen molar-refractivity contribution in [2.45, 2.75) is 52.5 Å². The molecule has 2 aliphatic rings. The molecule has 242 valence electrons. The third-order valence-electron chi connectivity index (χ3n) is 8.70. The Bertz CT molecular complexity index is 1460. The van der Waals surface area contributed by atoms with E-state index < -0.39 is 0 Å². The van der Waals surface area contributed by atoms with Gasteiger partial charge in [0.25, 0.3) is 5.91 Å². The van der Waals surface area contributed by atoms with E-state index in [1.165, 1.54) is 5.56 Å². The quantitative estimate of drug-likeness (QED) is 0.345. The molecule has 1 amide bonds. The maximum atomic E-state index is 13.5. The summed E-state index contributed by atoms with van der Waals surface area (Å²) in [5, 5.41) is 6.62. The van der Waals surface area contributed by atoms with Crippen molar-refractivity contribution in [2.24, 2.45) is 0 Å². The molecular weight excluding hydrogens is 566 g/mol. The second-order valence-electron chi connectivity index (χ2n) is 13.6. The van der Waals surface area contributed by atoms with E-state index in [4.69, 9.17) is 19.4 Å². The molecule has 3 heterocycles. The third kappa shape index (κ3) is 8.04. The fourth-order valence-corrected chi connectivity index (χ4v) is 5.93. The highest BCUT2D eigenvalue weighted by molar-refractivity contribution is 5.93. The Morgan fingerprint density at radius 3 is 2.40 bits per heavy atom. The van der Waals surface area contributed by atoms with Crippen molar-refractivity contribution in [3.63, 3.8) is 0 Å². The summed E-state index contributed by atoms with van der Waals surface area (Å²) in [4.78, 5) is 30.2. The minimum absolute atomic E-state index is 0.00162. The van der Waals surface area contributed by atoms with Crippen LogP contribution in [0.5, 0.6) is 5.75 Å². The molecule has 2 aliphatic heterocycles. The number of methoxy groups -OCH3 is 1. The molecule has 10 nitrogen and oxygen atoms in total. The lowest BCUT2D eigenvalue weighted by molar-refractivity contribution is 0.0383. The first-order chi connectivity index (χ1) is 21.4. The summed E-state index contributed by atoms with van der Waals surface area (Å²) in [6, 6.07) is 16.4. The van der Waals surface area contributed by atoms with Gasteiger partial charge in [0.15, 0.2) is 0 Å². The molecule has 5 rings (SSSR count). The van der Waals surface area contributed by atoms with Crippen molar-refractivity contribution < 1.29 is 14.3 Å². The fourth-order valence-electron chi connectivity index (χ4n) is 5.93. The minimum Gasteiger partial charge on any atom is -0.497 e. The number of carbonyl (C=O) groups excluding carboxylic acids is 1. The smallest absolute Gasteiger partial charge is 0.270 e. The van der Waals surface area contributed by atoms with Crippen LogP contribution in [-0.4, -0.2) is 92.5 Å². The number of aromatic nitrogens is 2. The number of benzene rings is 2. The van der Waals surface area contributed by atoms with Crippen LogP contribution >= 0.6 is 0 Å². The van der Waals surface area contributed by atoms with E-state index in [9.17, 15) is 4.79 Å². The molecule has 1 aromatic heterocycles. The lowest BCUT2D eigenvalue weighted by Crippen LogP contribution is -2.60. The topological polar surface area (TPSA) is 95.1 Å². The first kappa shape index (κ1) is 32.5. The summed E-state index contributed by atoms with van der Waals surface area (Å²) in [6.07, 6.45) is 0. The number of carbonyl (C=O) groups is 1. The Labute approximate surface area is 268 Å². The zero-order valence-corrected chi connectivity index (χ0v) is 27.9. The van der Waals surface area contributed by atoms with E-state index in [2.05, 4.69) is 97.2 Å². The van der Waals surface area contributed by atoms with Crippen LogP contribution in [-0.2, 0) is 10.2 Å². The molecule has 0 radical (unpaired) electrons. The lowest BCUT2D eigenvalue weighted by Gasteiger charge is -2.48. The monoisotopic (exact) mass is 615 g/mol. The second-order valence-corrected chi connectivity index (χ2v) is 13.6. The van der Waals surface area contributed by atoms with E-state index in [-0.39, 0.29) is 16.9 Å². The number of rotatable bonds is 9. The van der Waals surface area contributed by atoms with E-state index >= 15 is 0 Å². The van der Waals surface area contributed by atoms with Crippen molar-refractivity contribution in [2.75, 3.05) is 81.3 Å². The van der Waals surface area contributed by atoms with Gasteiger partial charge in [-0.1, -0.05) is 32.9 Å². The SMILES string of the molecule is COc1ccc(N2CCN(c3nc(Nc4cc(C(C)(C)C)ccc4C)cc(C(=O)NCCN4CCOCC4)n3)CC2(C)C)cc1. The molecular formula is C35H49N7O3. The predicted octanol–water partition coefficient (Wildman–Crippen LogP) is 5.00. The van der Waals surface area contributed by atoms with Crippen LogP contribution in [0.25, 0.3) is 0 Å². The molecule has 2 saturated heterocycles. The number of ether oxygens (including phenoxy) is 2. The van der Waals surface area contributed by atoms with Gasteiger partial charge in [-0.25, -0.2) is 4.98 Å². The highest BCUT2D eigenvalue weighted by Gasteiger charge is 2.35. The number of aryl methyl sites for hydroxylation is 1. The van der Waals surface area contributed by atoms with Gasteiger partial charge in [-0.2, -0.15) is 4.98 Å². The van der Waals surface area contributed by atoms with Crippen LogP contribution < -0.4 is 25.2 Å². The van der Waals surface area contributed by atoms with Crippen molar-refractivity contribution in [3.8, 4) is 5.75 Å². The zero-order valence-electron chi connectivity index (χ0n) is 27.9. The average molecular weight is 616 g/mol. The number of hydrogen-bond acceptors (Lipinski definition) is 9. The lowest BCUT2D eigenvalue weighted by atomic mass is 9.86. The summed E-state index contributed by atoms with van der Waals surface area (Å²) in [6.45, 7) is 19.9. The van der Waals surface area contributed by atoms with Crippen LogP contribution in [0.1, 0.15) is 56.2 Å². The van der Waals surface area contributed by atoms with Gasteiger partial charge in [-0.15, -0.1) is 0 Å². The van der Waals surface area contributed by atoms with Gasteiger partial charge < -0.3 is 29.9 Å². The number of nitrogens with one attached hydrogen (secondary N) is 2. The highest BCUT2D eigenvalue weighted by atomic mass is 16.5. The summed E-state index contributed by atoms with van der Waals surface area (Å²) < 4.78 is 10.8. The fraction of sp³-hybridized carbons (Fsp3) is 0.514. The molecule has 2 N–H and O–H groups in total. The highest BCUT2D eigenvalue weighted by Crippen LogP contribution is 2.32. The summed E-state index contributed by atoms with van der Waals surface area (Å²) in [5.41, 5.74) is 4.59. The van der Waals surface area contributed by atoms with Crippen molar-refractivity contribution in [3.05, 3.63) is 65.4 Å². The van der Waals surface area contributed by atoms with Crippen LogP contribution in [0, 0.1) is 6.92 Å². The minimum atomic E-state index is -0.210. The molecule has 10 heteroatoms. The van der Waals surface area contributed by atoms with Gasteiger partial charge in [0.05, 0.1) is 25.9 Å². The van der Waals surface area contributed by atoms with Crippen LogP contribution in [0.3, 0.4) is 0 Å². The summed E-state index contributed by atoms with van der Waals surface area (Å²) in [7, 11) is 1.68. The van der Waals surface area contributed by atoms with Gasteiger partial charge in [0.2, 0.25) is 5.95 Å². The summed E-state index contributed by atoms with van der Waals surface area (Å²) in [5.74, 6) is 1.78. The molecule has 0 unspecified atom stereocenters. The van der Waals surface area contributed by atoms with E-state index in [0.717, 1.165) is 68.6 Å². The van der Waals surface area contributed by atoms with Crippen LogP contribution in [0.2, 0.25) is 0 Å². The van der Waals surface area contributed by atoms with Crippen molar-refractivity contribution in [1.29, 1.82) is 0 Å². The Morgan fingerprint density at radius 2 is 1.73 bits per heavy atom. The molecule has 0 bridgehead atoms. The number of anilines is 4. The molecule has 2 fully saturated rings. The normalized spacial score (nSPS) is 17.2. The number of amides is 1. The largest absolute Gasteiger partial charge is 0.497 e. The molecule has 2 aromatic carbocycles.